The van der Waals surface area contributed by atoms with Crippen molar-refractivity contribution >= 4 is 69.1 Å². The third kappa shape index (κ3) is 11.4. The van der Waals surface area contributed by atoms with E-state index in [9.17, 15) is 19.2 Å². The largest absolute Gasteiger partial charge is 2.00 e. The van der Waals surface area contributed by atoms with Crippen molar-refractivity contribution in [2.75, 3.05) is 13.2 Å². The van der Waals surface area contributed by atoms with Gasteiger partial charge in [0.1, 0.15) is 0 Å². The van der Waals surface area contributed by atoms with Gasteiger partial charge < -0.3 is 18.9 Å². The van der Waals surface area contributed by atoms with Gasteiger partial charge in [0.15, 0.2) is 0 Å². The van der Waals surface area contributed by atoms with Crippen LogP contribution < -0.4 is 9.47 Å². The Morgan fingerprint density at radius 2 is 1.09 bits per heavy atom. The van der Waals surface area contributed by atoms with E-state index in [4.69, 9.17) is 18.9 Å². The molecule has 0 aromatic heterocycles. The van der Waals surface area contributed by atoms with Gasteiger partial charge >= 0.3 is 31.4 Å². The van der Waals surface area contributed by atoms with E-state index in [0.717, 1.165) is 0 Å². The van der Waals surface area contributed by atoms with Crippen LogP contribution in [-0.4, -0.2) is 37.1 Å². The summed E-state index contributed by atoms with van der Waals surface area (Å²) in [5.74, 6) is -1.02. The molecular weight excluding hydrogens is 711 g/mol. The Bertz CT molecular complexity index is 915. The molecule has 0 fully saturated rings. The van der Waals surface area contributed by atoms with Gasteiger partial charge in [0, 0.05) is 25.3 Å². The molecule has 0 saturated heterocycles. The van der Waals surface area contributed by atoms with Crippen LogP contribution in [0.3, 0.4) is 0 Å². The molecule has 2 aromatic carbocycles. The van der Waals surface area contributed by atoms with Crippen LogP contribution in [0, 0.1) is 19.3 Å². The summed E-state index contributed by atoms with van der Waals surface area (Å²) in [6, 6.07) is 11.5. The molecule has 11 heteroatoms. The first-order valence-electron chi connectivity index (χ1n) is 9.22. The topological polar surface area (TPSA) is 105 Å². The maximum absolute atomic E-state index is 11.4. The molecule has 2 aromatic rings. The van der Waals surface area contributed by atoms with Gasteiger partial charge in [-0.05, 0) is 25.0 Å². The summed E-state index contributed by atoms with van der Waals surface area (Å²) in [5.41, 5.74) is 0.782. The van der Waals surface area contributed by atoms with Crippen LogP contribution in [-0.2, 0) is 38.5 Å². The Morgan fingerprint density at radius 3 is 1.33 bits per heavy atom. The zero-order valence-electron chi connectivity index (χ0n) is 18.5. The first-order valence-corrected chi connectivity index (χ1v) is 11.4. The van der Waals surface area contributed by atoms with Gasteiger partial charge in [0.05, 0.1) is 13.2 Å². The Morgan fingerprint density at radius 1 is 0.758 bits per heavy atom. The van der Waals surface area contributed by atoms with Gasteiger partial charge in [-0.1, -0.05) is 7.14 Å². The average Bonchev–Trinajstić information content (AvgIpc) is 2.71. The van der Waals surface area contributed by atoms with Crippen molar-refractivity contribution < 1.29 is 57.6 Å². The van der Waals surface area contributed by atoms with Crippen LogP contribution >= 0.6 is 45.2 Å². The van der Waals surface area contributed by atoms with Crippen LogP contribution in [0.5, 0.6) is 11.5 Å². The summed E-state index contributed by atoms with van der Waals surface area (Å²) < 4.78 is 20.7. The molecular formula is C22H20I2O8Zn. The number of hydrogen-bond donors (Lipinski definition) is 0. The van der Waals surface area contributed by atoms with Gasteiger partial charge in [0.2, 0.25) is 0 Å². The quantitative estimate of drug-likeness (QED) is 0.142. The predicted molar refractivity (Wildman–Crippen MR) is 131 cm³/mol. The first kappa shape index (κ1) is 31.4. The minimum absolute atomic E-state index is 0. The van der Waals surface area contributed by atoms with Crippen molar-refractivity contribution in [3.8, 4) is 11.5 Å². The van der Waals surface area contributed by atoms with E-state index in [2.05, 4.69) is 12.1 Å². The van der Waals surface area contributed by atoms with Crippen LogP contribution in [0.1, 0.15) is 48.4 Å². The number of hydrogen-bond acceptors (Lipinski definition) is 8. The Hall–Kier alpha value is -1.60. The van der Waals surface area contributed by atoms with Gasteiger partial charge in [-0.15, -0.1) is 69.4 Å². The van der Waals surface area contributed by atoms with Crippen molar-refractivity contribution in [3.63, 3.8) is 0 Å². The molecule has 0 unspecified atom stereocenters. The number of halogens is 2. The third-order valence-electron chi connectivity index (χ3n) is 3.23. The monoisotopic (exact) mass is 730 g/mol. The normalized spacial score (nSPS) is 9.39. The summed E-state index contributed by atoms with van der Waals surface area (Å²) in [5, 5.41) is 0. The van der Waals surface area contributed by atoms with Crippen LogP contribution in [0.4, 0.5) is 0 Å². The number of carbonyl (C=O) groups excluding carboxylic acids is 4. The van der Waals surface area contributed by atoms with E-state index in [1.54, 1.807) is 26.0 Å². The second-order valence-corrected chi connectivity index (χ2v) is 8.08. The molecule has 0 aliphatic rings. The van der Waals surface area contributed by atoms with Gasteiger partial charge in [-0.25, -0.2) is 0 Å². The molecule has 0 bridgehead atoms. The number of carbonyl (C=O) groups is 4. The molecule has 0 aliphatic heterocycles. The summed E-state index contributed by atoms with van der Waals surface area (Å²) in [6.07, 6.45) is 0. The smallest absolute Gasteiger partial charge is 0.472 e. The fourth-order valence-electron chi connectivity index (χ4n) is 2.02. The van der Waals surface area contributed by atoms with E-state index in [1.807, 2.05) is 45.2 Å². The zero-order valence-corrected chi connectivity index (χ0v) is 25.7. The summed E-state index contributed by atoms with van der Waals surface area (Å²) in [7, 11) is 0. The first-order chi connectivity index (χ1) is 15.1. The molecule has 0 amide bonds. The number of ether oxygens (including phenoxy) is 4. The zero-order chi connectivity index (χ0) is 24.3. The average molecular weight is 732 g/mol. The molecule has 8 nitrogen and oxygen atoms in total. The Labute approximate surface area is 232 Å². The minimum atomic E-state index is -0.418. The van der Waals surface area contributed by atoms with Crippen LogP contribution in [0.15, 0.2) is 24.3 Å². The second kappa shape index (κ2) is 16.1. The Balaban J connectivity index is 0.000000602. The molecule has 0 spiro atoms. The number of esters is 4. The molecule has 0 N–H and O–H groups in total. The number of rotatable bonds is 6. The summed E-state index contributed by atoms with van der Waals surface area (Å²) in [4.78, 5) is 44.3. The van der Waals surface area contributed by atoms with Crippen molar-refractivity contribution in [1.82, 2.24) is 0 Å². The van der Waals surface area contributed by atoms with Crippen molar-refractivity contribution in [2.24, 2.45) is 0 Å². The maximum atomic E-state index is 11.4. The fourth-order valence-corrected chi connectivity index (χ4v) is 3.22. The molecule has 0 heterocycles. The molecule has 33 heavy (non-hydrogen) atoms. The minimum Gasteiger partial charge on any atom is -0.472 e. The van der Waals surface area contributed by atoms with E-state index in [1.165, 1.54) is 26.0 Å². The van der Waals surface area contributed by atoms with E-state index in [-0.39, 0.29) is 19.5 Å². The third-order valence-corrected chi connectivity index (χ3v) is 4.83. The SMILES string of the molecule is CCOC(=O)c1c[c-]c(OC(C)=O)c(I)c1.CCOC(=O)c1c[c-]c(OC(C)=O)c(I)c1.[Zn+2]. The second-order valence-electron chi connectivity index (χ2n) is 5.76. The van der Waals surface area contributed by atoms with Gasteiger partial charge in [-0.3, -0.25) is 19.2 Å². The standard InChI is InChI=1S/2C11H10IO4.Zn/c2*1-3-15-11(14)8-4-5-10(9(12)6-8)16-7(2)13;/h2*4,6H,3H2,1-2H3;/q2*-1;+2. The maximum Gasteiger partial charge on any atom is 2.00 e. The molecule has 0 aliphatic carbocycles. The van der Waals surface area contributed by atoms with Crippen LogP contribution in [0.25, 0.3) is 0 Å². The molecule has 0 atom stereocenters. The van der Waals surface area contributed by atoms with E-state index < -0.39 is 23.9 Å². The van der Waals surface area contributed by atoms with E-state index >= 15 is 0 Å². The Kier molecular flexibility index (Phi) is 15.3. The molecule has 172 valence electrons. The van der Waals surface area contributed by atoms with Crippen molar-refractivity contribution in [2.45, 2.75) is 27.7 Å². The molecule has 0 saturated carbocycles. The fraction of sp³-hybridized carbons (Fsp3) is 0.273. The van der Waals surface area contributed by atoms with Crippen molar-refractivity contribution in [3.05, 3.63) is 54.7 Å². The summed E-state index contributed by atoms with van der Waals surface area (Å²) >= 11 is 3.93. The van der Waals surface area contributed by atoms with Crippen molar-refractivity contribution in [1.29, 1.82) is 0 Å². The molecule has 0 radical (unpaired) electrons. The van der Waals surface area contributed by atoms with Gasteiger partial charge in [-0.2, -0.15) is 12.1 Å². The van der Waals surface area contributed by atoms with Gasteiger partial charge in [0.25, 0.3) is 11.9 Å². The van der Waals surface area contributed by atoms with E-state index in [0.29, 0.717) is 43.0 Å². The van der Waals surface area contributed by atoms with Crippen LogP contribution in [0.2, 0.25) is 0 Å². The summed E-state index contributed by atoms with van der Waals surface area (Å²) in [6.45, 7) is 6.73. The molecule has 2 rings (SSSR count). The number of benzene rings is 2. The predicted octanol–water partition coefficient (Wildman–Crippen LogP) is 4.38.